The summed E-state index contributed by atoms with van der Waals surface area (Å²) in [5.41, 5.74) is 11.2. The van der Waals surface area contributed by atoms with Gasteiger partial charge in [-0.3, -0.25) is 0 Å². The van der Waals surface area contributed by atoms with Crippen LogP contribution in [0.2, 0.25) is 0 Å². The molecule has 4 N–H and O–H groups in total. The first kappa shape index (κ1) is 9.92. The molecule has 0 spiro atoms. The lowest BCUT2D eigenvalue weighted by molar-refractivity contribution is 0.465. The standard InChI is InChI=1S/C8H20N2/c1-7(2)6-8(10)4-3-5-9/h7-8H,3-6,9-10H2,1-2H3/t8-/m1/s1. The molecule has 0 unspecified atom stereocenters. The third-order valence-corrected chi connectivity index (χ3v) is 1.55. The van der Waals surface area contributed by atoms with E-state index in [0.717, 1.165) is 25.8 Å². The van der Waals surface area contributed by atoms with E-state index >= 15 is 0 Å². The maximum atomic E-state index is 5.81. The van der Waals surface area contributed by atoms with Gasteiger partial charge in [0.2, 0.25) is 0 Å². The second-order valence-corrected chi connectivity index (χ2v) is 3.32. The van der Waals surface area contributed by atoms with Gasteiger partial charge in [0.05, 0.1) is 0 Å². The molecule has 0 aliphatic heterocycles. The van der Waals surface area contributed by atoms with Crippen molar-refractivity contribution in [3.05, 3.63) is 0 Å². The van der Waals surface area contributed by atoms with Crippen LogP contribution in [0.15, 0.2) is 0 Å². The zero-order valence-electron chi connectivity index (χ0n) is 7.14. The van der Waals surface area contributed by atoms with E-state index in [1.165, 1.54) is 0 Å². The van der Waals surface area contributed by atoms with Crippen LogP contribution >= 0.6 is 0 Å². The number of hydrogen-bond acceptors (Lipinski definition) is 2. The minimum absolute atomic E-state index is 0.364. The molecule has 0 aromatic heterocycles. The molecule has 2 heteroatoms. The van der Waals surface area contributed by atoms with Gasteiger partial charge < -0.3 is 11.5 Å². The normalized spacial score (nSPS) is 14.1. The van der Waals surface area contributed by atoms with Crippen LogP contribution in [-0.4, -0.2) is 12.6 Å². The molecule has 1 atom stereocenters. The van der Waals surface area contributed by atoms with E-state index in [-0.39, 0.29) is 0 Å². The van der Waals surface area contributed by atoms with Crippen molar-refractivity contribution in [1.29, 1.82) is 0 Å². The molecule has 0 fully saturated rings. The predicted octanol–water partition coefficient (Wildman–Crippen LogP) is 1.10. The monoisotopic (exact) mass is 144 g/mol. The van der Waals surface area contributed by atoms with Crippen molar-refractivity contribution in [3.63, 3.8) is 0 Å². The van der Waals surface area contributed by atoms with Crippen LogP contribution in [0, 0.1) is 5.92 Å². The molecule has 0 aliphatic carbocycles. The molecular formula is C8H20N2. The second kappa shape index (κ2) is 5.69. The molecule has 0 amide bonds. The number of rotatable bonds is 5. The Hall–Kier alpha value is -0.0800. The van der Waals surface area contributed by atoms with E-state index in [0.29, 0.717) is 12.0 Å². The fraction of sp³-hybridized carbons (Fsp3) is 1.00. The molecule has 0 radical (unpaired) electrons. The van der Waals surface area contributed by atoms with Crippen molar-refractivity contribution in [1.82, 2.24) is 0 Å². The van der Waals surface area contributed by atoms with E-state index in [2.05, 4.69) is 13.8 Å². The first-order valence-corrected chi connectivity index (χ1v) is 4.12. The van der Waals surface area contributed by atoms with Gasteiger partial charge in [-0.25, -0.2) is 0 Å². The summed E-state index contributed by atoms with van der Waals surface area (Å²) in [4.78, 5) is 0. The van der Waals surface area contributed by atoms with Gasteiger partial charge in [-0.15, -0.1) is 0 Å². The van der Waals surface area contributed by atoms with Crippen molar-refractivity contribution in [2.75, 3.05) is 6.54 Å². The van der Waals surface area contributed by atoms with Crippen molar-refractivity contribution in [3.8, 4) is 0 Å². The molecule has 0 rings (SSSR count). The maximum Gasteiger partial charge on any atom is 0.00417 e. The number of nitrogens with two attached hydrogens (primary N) is 2. The summed E-state index contributed by atoms with van der Waals surface area (Å²) in [6, 6.07) is 0.364. The predicted molar refractivity (Wildman–Crippen MR) is 45.7 cm³/mol. The van der Waals surface area contributed by atoms with Gasteiger partial charge in [0.1, 0.15) is 0 Å². The largest absolute Gasteiger partial charge is 0.330 e. The molecule has 0 saturated carbocycles. The fourth-order valence-electron chi connectivity index (χ4n) is 1.10. The Morgan fingerprint density at radius 2 is 1.90 bits per heavy atom. The molecule has 62 valence electrons. The lowest BCUT2D eigenvalue weighted by Gasteiger charge is -2.12. The van der Waals surface area contributed by atoms with E-state index in [1.807, 2.05) is 0 Å². The van der Waals surface area contributed by atoms with Crippen molar-refractivity contribution < 1.29 is 0 Å². The highest BCUT2D eigenvalue weighted by atomic mass is 14.6. The van der Waals surface area contributed by atoms with Crippen LogP contribution in [-0.2, 0) is 0 Å². The zero-order chi connectivity index (χ0) is 7.98. The van der Waals surface area contributed by atoms with Gasteiger partial charge in [-0.1, -0.05) is 13.8 Å². The van der Waals surface area contributed by atoms with Crippen LogP contribution in [0.4, 0.5) is 0 Å². The number of hydrogen-bond donors (Lipinski definition) is 2. The average molecular weight is 144 g/mol. The zero-order valence-corrected chi connectivity index (χ0v) is 7.14. The lowest BCUT2D eigenvalue weighted by atomic mass is 10.0. The SMILES string of the molecule is CC(C)C[C@H](N)CCCN. The Morgan fingerprint density at radius 1 is 1.30 bits per heavy atom. The summed E-state index contributed by atoms with van der Waals surface area (Å²) in [7, 11) is 0. The Balaban J connectivity index is 3.16. The van der Waals surface area contributed by atoms with Gasteiger partial charge in [0.25, 0.3) is 0 Å². The summed E-state index contributed by atoms with van der Waals surface area (Å²) in [5.74, 6) is 0.716. The highest BCUT2D eigenvalue weighted by Crippen LogP contribution is 2.06. The molecule has 0 aromatic carbocycles. The first-order valence-electron chi connectivity index (χ1n) is 4.12. The van der Waals surface area contributed by atoms with E-state index in [1.54, 1.807) is 0 Å². The summed E-state index contributed by atoms with van der Waals surface area (Å²) in [5, 5.41) is 0. The van der Waals surface area contributed by atoms with Crippen LogP contribution in [0.3, 0.4) is 0 Å². The molecule has 0 saturated heterocycles. The molecule has 2 nitrogen and oxygen atoms in total. The highest BCUT2D eigenvalue weighted by molar-refractivity contribution is 4.63. The minimum atomic E-state index is 0.364. The van der Waals surface area contributed by atoms with Crippen molar-refractivity contribution in [2.45, 2.75) is 39.2 Å². The highest BCUT2D eigenvalue weighted by Gasteiger charge is 2.03. The minimum Gasteiger partial charge on any atom is -0.330 e. The van der Waals surface area contributed by atoms with Gasteiger partial charge in [0.15, 0.2) is 0 Å². The Morgan fingerprint density at radius 3 is 2.30 bits per heavy atom. The Labute approximate surface area is 64.0 Å². The molecule has 0 heterocycles. The summed E-state index contributed by atoms with van der Waals surface area (Å²) < 4.78 is 0. The molecule has 0 aromatic rings. The van der Waals surface area contributed by atoms with Crippen LogP contribution in [0.25, 0.3) is 0 Å². The van der Waals surface area contributed by atoms with Gasteiger partial charge in [-0.2, -0.15) is 0 Å². The van der Waals surface area contributed by atoms with Gasteiger partial charge in [0, 0.05) is 6.04 Å². The van der Waals surface area contributed by atoms with Crippen LogP contribution in [0.5, 0.6) is 0 Å². The van der Waals surface area contributed by atoms with Crippen LogP contribution < -0.4 is 11.5 Å². The molecular weight excluding hydrogens is 124 g/mol. The molecule has 0 bridgehead atoms. The van der Waals surface area contributed by atoms with Crippen LogP contribution in [0.1, 0.15) is 33.1 Å². The smallest absolute Gasteiger partial charge is 0.00417 e. The van der Waals surface area contributed by atoms with E-state index in [4.69, 9.17) is 11.5 Å². The van der Waals surface area contributed by atoms with Gasteiger partial charge in [-0.05, 0) is 31.7 Å². The Bertz CT molecular complexity index is 71.7. The Kier molecular flexibility index (Phi) is 5.64. The van der Waals surface area contributed by atoms with E-state index in [9.17, 15) is 0 Å². The topological polar surface area (TPSA) is 52.0 Å². The molecule has 10 heavy (non-hydrogen) atoms. The second-order valence-electron chi connectivity index (χ2n) is 3.32. The lowest BCUT2D eigenvalue weighted by Crippen LogP contribution is -2.22. The fourth-order valence-corrected chi connectivity index (χ4v) is 1.10. The summed E-state index contributed by atoms with van der Waals surface area (Å²) in [6.45, 7) is 5.16. The maximum absolute atomic E-state index is 5.81. The third kappa shape index (κ3) is 6.05. The van der Waals surface area contributed by atoms with Gasteiger partial charge >= 0.3 is 0 Å². The van der Waals surface area contributed by atoms with Crippen molar-refractivity contribution >= 4 is 0 Å². The third-order valence-electron chi connectivity index (χ3n) is 1.55. The summed E-state index contributed by atoms with van der Waals surface area (Å²) in [6.07, 6.45) is 3.27. The average Bonchev–Trinajstić information content (AvgIpc) is 1.82. The quantitative estimate of drug-likeness (QED) is 0.607. The van der Waals surface area contributed by atoms with E-state index < -0.39 is 0 Å². The van der Waals surface area contributed by atoms with Crippen molar-refractivity contribution in [2.24, 2.45) is 17.4 Å². The molecule has 0 aliphatic rings. The summed E-state index contributed by atoms with van der Waals surface area (Å²) >= 11 is 0. The first-order chi connectivity index (χ1) is 4.66.